The number of hydrogen-bond acceptors (Lipinski definition) is 4. The van der Waals surface area contributed by atoms with Crippen molar-refractivity contribution in [3.8, 4) is 0 Å². The van der Waals surface area contributed by atoms with Crippen LogP contribution in [0.15, 0.2) is 24.3 Å². The third kappa shape index (κ3) is 6.56. The van der Waals surface area contributed by atoms with Crippen LogP contribution in [-0.2, 0) is 9.53 Å². The van der Waals surface area contributed by atoms with Crippen LogP contribution in [0.2, 0.25) is 0 Å². The van der Waals surface area contributed by atoms with Gasteiger partial charge in [0, 0.05) is 38.0 Å². The van der Waals surface area contributed by atoms with E-state index in [1.165, 1.54) is 7.11 Å². The van der Waals surface area contributed by atoms with Crippen molar-refractivity contribution in [1.29, 1.82) is 0 Å². The maximum atomic E-state index is 12.2. The third-order valence-corrected chi connectivity index (χ3v) is 3.48. The highest BCUT2D eigenvalue weighted by molar-refractivity contribution is 5.95. The van der Waals surface area contributed by atoms with Crippen molar-refractivity contribution >= 4 is 29.9 Å². The van der Waals surface area contributed by atoms with Gasteiger partial charge in [0.25, 0.3) is 5.91 Å². The van der Waals surface area contributed by atoms with Gasteiger partial charge in [-0.15, -0.1) is 12.4 Å². The lowest BCUT2D eigenvalue weighted by Gasteiger charge is -2.18. The SMILES string of the molecule is CCN(CC)C(=O)c1ccc(NC(=O)CC(CN)OC)cc1.Cl. The molecule has 130 valence electrons. The van der Waals surface area contributed by atoms with E-state index in [2.05, 4.69) is 5.32 Å². The number of hydrogen-bond donors (Lipinski definition) is 2. The molecule has 1 rings (SSSR count). The summed E-state index contributed by atoms with van der Waals surface area (Å²) in [7, 11) is 1.53. The van der Waals surface area contributed by atoms with Crippen molar-refractivity contribution < 1.29 is 14.3 Å². The Kier molecular flexibility index (Phi) is 10.2. The maximum absolute atomic E-state index is 12.2. The van der Waals surface area contributed by atoms with Gasteiger partial charge in [0.2, 0.25) is 5.91 Å². The molecule has 0 aliphatic heterocycles. The second kappa shape index (κ2) is 11.0. The molecule has 1 atom stereocenters. The molecule has 1 unspecified atom stereocenters. The summed E-state index contributed by atoms with van der Waals surface area (Å²) in [6.45, 7) is 5.52. The van der Waals surface area contributed by atoms with Crippen molar-refractivity contribution in [3.05, 3.63) is 29.8 Å². The molecule has 1 aromatic carbocycles. The number of carbonyl (C=O) groups excluding carboxylic acids is 2. The second-order valence-electron chi connectivity index (χ2n) is 4.90. The van der Waals surface area contributed by atoms with E-state index >= 15 is 0 Å². The number of anilines is 1. The topological polar surface area (TPSA) is 84.7 Å². The molecule has 0 saturated carbocycles. The molecule has 0 spiro atoms. The minimum atomic E-state index is -0.288. The van der Waals surface area contributed by atoms with Crippen LogP contribution in [0.3, 0.4) is 0 Å². The molecule has 0 aromatic heterocycles. The number of nitrogens with two attached hydrogens (primary N) is 1. The van der Waals surface area contributed by atoms with Crippen LogP contribution in [-0.4, -0.2) is 49.6 Å². The first-order valence-electron chi connectivity index (χ1n) is 7.47. The normalized spacial score (nSPS) is 11.3. The first-order valence-corrected chi connectivity index (χ1v) is 7.47. The fraction of sp³-hybridized carbons (Fsp3) is 0.500. The van der Waals surface area contributed by atoms with Crippen LogP contribution in [0, 0.1) is 0 Å². The number of methoxy groups -OCH3 is 1. The predicted octanol–water partition coefficient (Wildman–Crippen LogP) is 1.89. The number of benzene rings is 1. The summed E-state index contributed by atoms with van der Waals surface area (Å²) < 4.78 is 5.07. The fourth-order valence-corrected chi connectivity index (χ4v) is 2.07. The molecule has 0 heterocycles. The van der Waals surface area contributed by atoms with Gasteiger partial charge < -0.3 is 20.7 Å². The Morgan fingerprint density at radius 2 is 1.78 bits per heavy atom. The van der Waals surface area contributed by atoms with E-state index in [0.29, 0.717) is 30.9 Å². The van der Waals surface area contributed by atoms with E-state index < -0.39 is 0 Å². The molecule has 0 saturated heterocycles. The van der Waals surface area contributed by atoms with Crippen LogP contribution >= 0.6 is 12.4 Å². The van der Waals surface area contributed by atoms with Gasteiger partial charge in [0.1, 0.15) is 0 Å². The molecule has 2 amide bonds. The van der Waals surface area contributed by atoms with Crippen LogP contribution < -0.4 is 11.1 Å². The minimum Gasteiger partial charge on any atom is -0.380 e. The van der Waals surface area contributed by atoms with Crippen molar-refractivity contribution in [2.24, 2.45) is 5.73 Å². The summed E-state index contributed by atoms with van der Waals surface area (Å²) in [6.07, 6.45) is -0.0869. The van der Waals surface area contributed by atoms with Gasteiger partial charge in [-0.3, -0.25) is 9.59 Å². The first kappa shape index (κ1) is 21.4. The number of nitrogens with one attached hydrogen (secondary N) is 1. The van der Waals surface area contributed by atoms with Crippen LogP contribution in [0.4, 0.5) is 5.69 Å². The van der Waals surface area contributed by atoms with Gasteiger partial charge in [0.15, 0.2) is 0 Å². The highest BCUT2D eigenvalue weighted by Gasteiger charge is 2.14. The Morgan fingerprint density at radius 1 is 1.22 bits per heavy atom. The van der Waals surface area contributed by atoms with E-state index in [4.69, 9.17) is 10.5 Å². The molecule has 23 heavy (non-hydrogen) atoms. The molecule has 0 radical (unpaired) electrons. The molecular weight excluding hydrogens is 318 g/mol. The van der Waals surface area contributed by atoms with E-state index in [9.17, 15) is 9.59 Å². The molecule has 0 aliphatic rings. The van der Waals surface area contributed by atoms with E-state index in [0.717, 1.165) is 0 Å². The molecule has 0 bridgehead atoms. The zero-order valence-electron chi connectivity index (χ0n) is 13.9. The quantitative estimate of drug-likeness (QED) is 0.755. The smallest absolute Gasteiger partial charge is 0.253 e. The molecule has 0 fully saturated rings. The van der Waals surface area contributed by atoms with E-state index in [-0.39, 0.29) is 36.7 Å². The van der Waals surface area contributed by atoms with Gasteiger partial charge in [-0.25, -0.2) is 0 Å². The van der Waals surface area contributed by atoms with Gasteiger partial charge in [-0.1, -0.05) is 0 Å². The summed E-state index contributed by atoms with van der Waals surface area (Å²) in [5, 5.41) is 2.76. The number of ether oxygens (including phenoxy) is 1. The minimum absolute atomic E-state index is 0. The lowest BCUT2D eigenvalue weighted by atomic mass is 10.1. The first-order chi connectivity index (χ1) is 10.5. The zero-order chi connectivity index (χ0) is 16.5. The zero-order valence-corrected chi connectivity index (χ0v) is 14.7. The van der Waals surface area contributed by atoms with Gasteiger partial charge in [-0.2, -0.15) is 0 Å². The fourth-order valence-electron chi connectivity index (χ4n) is 2.07. The Balaban J connectivity index is 0.00000484. The van der Waals surface area contributed by atoms with Crippen molar-refractivity contribution in [2.75, 3.05) is 32.1 Å². The summed E-state index contributed by atoms with van der Waals surface area (Å²) >= 11 is 0. The number of nitrogens with zero attached hydrogens (tertiary/aromatic N) is 1. The number of rotatable bonds is 8. The molecule has 0 aliphatic carbocycles. The molecule has 1 aromatic rings. The average molecular weight is 344 g/mol. The predicted molar refractivity (Wildman–Crippen MR) is 94.0 cm³/mol. The molecule has 7 heteroatoms. The van der Waals surface area contributed by atoms with Crippen LogP contribution in [0.5, 0.6) is 0 Å². The molecule has 6 nitrogen and oxygen atoms in total. The van der Waals surface area contributed by atoms with Crippen LogP contribution in [0.1, 0.15) is 30.6 Å². The Bertz CT molecular complexity index is 486. The number of amides is 2. The Labute approximate surface area is 143 Å². The lowest BCUT2D eigenvalue weighted by molar-refractivity contribution is -0.118. The van der Waals surface area contributed by atoms with Gasteiger partial charge in [-0.05, 0) is 38.1 Å². The largest absolute Gasteiger partial charge is 0.380 e. The summed E-state index contributed by atoms with van der Waals surface area (Å²) in [4.78, 5) is 25.8. The number of halogens is 1. The standard InChI is InChI=1S/C16H25N3O3.ClH/c1-4-19(5-2)16(21)12-6-8-13(9-7-12)18-15(20)10-14(11-17)22-3;/h6-9,14H,4-5,10-11,17H2,1-3H3,(H,18,20);1H. The average Bonchev–Trinajstić information content (AvgIpc) is 2.54. The monoisotopic (exact) mass is 343 g/mol. The highest BCUT2D eigenvalue weighted by atomic mass is 35.5. The van der Waals surface area contributed by atoms with Crippen LogP contribution in [0.25, 0.3) is 0 Å². The van der Waals surface area contributed by atoms with Gasteiger partial charge in [0.05, 0.1) is 12.5 Å². The highest BCUT2D eigenvalue weighted by Crippen LogP contribution is 2.12. The van der Waals surface area contributed by atoms with E-state index in [1.54, 1.807) is 29.2 Å². The molecule has 3 N–H and O–H groups in total. The Morgan fingerprint density at radius 3 is 2.22 bits per heavy atom. The van der Waals surface area contributed by atoms with Crippen molar-refractivity contribution in [3.63, 3.8) is 0 Å². The molecular formula is C16H26ClN3O3. The summed E-state index contributed by atoms with van der Waals surface area (Å²) in [5.41, 5.74) is 6.74. The summed E-state index contributed by atoms with van der Waals surface area (Å²) in [6, 6.07) is 6.87. The number of carbonyl (C=O) groups is 2. The van der Waals surface area contributed by atoms with Gasteiger partial charge >= 0.3 is 0 Å². The maximum Gasteiger partial charge on any atom is 0.253 e. The summed E-state index contributed by atoms with van der Waals surface area (Å²) in [5.74, 6) is -0.175. The second-order valence-corrected chi connectivity index (χ2v) is 4.90. The van der Waals surface area contributed by atoms with Crippen molar-refractivity contribution in [1.82, 2.24) is 4.90 Å². The van der Waals surface area contributed by atoms with E-state index in [1.807, 2.05) is 13.8 Å². The van der Waals surface area contributed by atoms with Crippen molar-refractivity contribution in [2.45, 2.75) is 26.4 Å². The lowest BCUT2D eigenvalue weighted by Crippen LogP contribution is -2.30. The third-order valence-electron chi connectivity index (χ3n) is 3.48. The Hall–Kier alpha value is -1.63.